The molecule has 1 heterocycles. The molecule has 0 saturated heterocycles. The lowest BCUT2D eigenvalue weighted by Crippen LogP contribution is -2.23. The Morgan fingerprint density at radius 1 is 1.40 bits per heavy atom. The largest absolute Gasteiger partial charge is 0.353 e. The second-order valence-electron chi connectivity index (χ2n) is 4.60. The highest BCUT2D eigenvalue weighted by Gasteiger charge is 2.06. The van der Waals surface area contributed by atoms with Gasteiger partial charge in [-0.05, 0) is 13.3 Å². The van der Waals surface area contributed by atoms with E-state index in [-0.39, 0.29) is 5.91 Å². The number of hydrogen-bond donors (Lipinski definition) is 1. The van der Waals surface area contributed by atoms with Crippen molar-refractivity contribution in [3.63, 3.8) is 0 Å². The van der Waals surface area contributed by atoms with Gasteiger partial charge in [0.25, 0.3) is 0 Å². The van der Waals surface area contributed by atoms with Crippen LogP contribution in [0.5, 0.6) is 0 Å². The third-order valence-corrected chi connectivity index (χ3v) is 3.84. The van der Waals surface area contributed by atoms with E-state index < -0.39 is 0 Å². The average molecular weight is 286 g/mol. The Morgan fingerprint density at radius 2 is 2.15 bits per heavy atom. The normalized spacial score (nSPS) is 10.2. The minimum absolute atomic E-state index is 0.0368. The summed E-state index contributed by atoms with van der Waals surface area (Å²) in [5.41, 5.74) is 3.34. The Kier molecular flexibility index (Phi) is 5.07. The molecule has 20 heavy (non-hydrogen) atoms. The highest BCUT2D eigenvalue weighted by molar-refractivity contribution is 7.13. The van der Waals surface area contributed by atoms with Gasteiger partial charge in [-0.2, -0.15) is 0 Å². The topological polar surface area (TPSA) is 42.0 Å². The summed E-state index contributed by atoms with van der Waals surface area (Å²) in [5.74, 6) is 0.0368. The molecule has 0 atom stereocenters. The minimum Gasteiger partial charge on any atom is -0.353 e. The molecule has 0 fully saturated rings. The zero-order valence-electron chi connectivity index (χ0n) is 11.6. The molecule has 0 aliphatic heterocycles. The van der Waals surface area contributed by atoms with Crippen LogP contribution >= 0.6 is 11.3 Å². The van der Waals surface area contributed by atoms with Crippen LogP contribution in [0.4, 0.5) is 0 Å². The molecule has 2 aromatic rings. The number of nitrogens with one attached hydrogen (secondary N) is 1. The molecular weight excluding hydrogens is 268 g/mol. The molecule has 1 aromatic heterocycles. The molecule has 0 radical (unpaired) electrons. The minimum atomic E-state index is 0.0368. The number of thiazole rings is 1. The molecular formula is C16H18N2OS. The standard InChI is InChI=1S/C16H18N2OS/c1-3-10-17-15(19)9-8-14-11-20-16(18-14)13-6-4-12(2)5-7-13/h3-7,11H,1,8-10H2,2H3,(H,17,19). The van der Waals surface area contributed by atoms with Crippen molar-refractivity contribution in [1.82, 2.24) is 10.3 Å². The number of rotatable bonds is 6. The first-order chi connectivity index (χ1) is 9.69. The first-order valence-corrected chi connectivity index (χ1v) is 7.46. The Hall–Kier alpha value is -1.94. The third kappa shape index (κ3) is 4.03. The lowest BCUT2D eigenvalue weighted by Gasteiger charge is -2.00. The molecule has 0 aliphatic carbocycles. The Labute approximate surface area is 123 Å². The van der Waals surface area contributed by atoms with Crippen molar-refractivity contribution < 1.29 is 4.79 Å². The second kappa shape index (κ2) is 7.01. The maximum Gasteiger partial charge on any atom is 0.220 e. The number of aromatic nitrogens is 1. The molecule has 4 heteroatoms. The predicted molar refractivity (Wildman–Crippen MR) is 83.8 cm³/mol. The van der Waals surface area contributed by atoms with Gasteiger partial charge in [0.1, 0.15) is 5.01 Å². The van der Waals surface area contributed by atoms with E-state index in [2.05, 4.69) is 48.1 Å². The molecule has 3 nitrogen and oxygen atoms in total. The number of hydrogen-bond acceptors (Lipinski definition) is 3. The lowest BCUT2D eigenvalue weighted by atomic mass is 10.1. The molecule has 0 bridgehead atoms. The SMILES string of the molecule is C=CCNC(=O)CCc1csc(-c2ccc(C)cc2)n1. The number of carbonyl (C=O) groups is 1. The summed E-state index contributed by atoms with van der Waals surface area (Å²) in [7, 11) is 0. The van der Waals surface area contributed by atoms with Crippen molar-refractivity contribution in [2.45, 2.75) is 19.8 Å². The summed E-state index contributed by atoms with van der Waals surface area (Å²) in [4.78, 5) is 16.1. The van der Waals surface area contributed by atoms with Crippen LogP contribution in [-0.2, 0) is 11.2 Å². The molecule has 0 unspecified atom stereocenters. The average Bonchev–Trinajstić information content (AvgIpc) is 2.92. The summed E-state index contributed by atoms with van der Waals surface area (Å²) >= 11 is 1.62. The summed E-state index contributed by atoms with van der Waals surface area (Å²) in [6, 6.07) is 8.32. The van der Waals surface area contributed by atoms with Crippen LogP contribution in [0.25, 0.3) is 10.6 Å². The predicted octanol–water partition coefficient (Wildman–Crippen LogP) is 3.35. The van der Waals surface area contributed by atoms with Crippen molar-refractivity contribution in [2.75, 3.05) is 6.54 Å². The quantitative estimate of drug-likeness (QED) is 0.827. The fraction of sp³-hybridized carbons (Fsp3) is 0.250. The Balaban J connectivity index is 1.94. The number of benzene rings is 1. The van der Waals surface area contributed by atoms with Gasteiger partial charge in [-0.3, -0.25) is 4.79 Å². The molecule has 104 valence electrons. The van der Waals surface area contributed by atoms with Crippen molar-refractivity contribution in [1.29, 1.82) is 0 Å². The van der Waals surface area contributed by atoms with Gasteiger partial charge in [-0.1, -0.05) is 35.9 Å². The van der Waals surface area contributed by atoms with Gasteiger partial charge in [-0.15, -0.1) is 17.9 Å². The number of carbonyl (C=O) groups excluding carboxylic acids is 1. The maximum atomic E-state index is 11.5. The van der Waals surface area contributed by atoms with E-state index in [1.807, 2.05) is 5.38 Å². The maximum absolute atomic E-state index is 11.5. The fourth-order valence-corrected chi connectivity index (χ4v) is 2.63. The zero-order chi connectivity index (χ0) is 14.4. The van der Waals surface area contributed by atoms with Gasteiger partial charge in [0, 0.05) is 23.9 Å². The highest BCUT2D eigenvalue weighted by Crippen LogP contribution is 2.24. The molecule has 0 saturated carbocycles. The van der Waals surface area contributed by atoms with E-state index >= 15 is 0 Å². The number of nitrogens with zero attached hydrogens (tertiary/aromatic N) is 1. The van der Waals surface area contributed by atoms with E-state index in [1.54, 1.807) is 17.4 Å². The smallest absolute Gasteiger partial charge is 0.220 e. The van der Waals surface area contributed by atoms with Crippen molar-refractivity contribution in [3.8, 4) is 10.6 Å². The number of amides is 1. The molecule has 1 aromatic carbocycles. The van der Waals surface area contributed by atoms with E-state index in [1.165, 1.54) is 5.56 Å². The van der Waals surface area contributed by atoms with Crippen LogP contribution < -0.4 is 5.32 Å². The van der Waals surface area contributed by atoms with Crippen LogP contribution in [-0.4, -0.2) is 17.4 Å². The fourth-order valence-electron chi connectivity index (χ4n) is 1.77. The van der Waals surface area contributed by atoms with Crippen LogP contribution in [0, 0.1) is 6.92 Å². The molecule has 0 spiro atoms. The Bertz CT molecular complexity index is 587. The first kappa shape index (κ1) is 14.5. The summed E-state index contributed by atoms with van der Waals surface area (Å²) in [6.45, 7) is 6.16. The van der Waals surface area contributed by atoms with E-state index in [4.69, 9.17) is 0 Å². The second-order valence-corrected chi connectivity index (χ2v) is 5.46. The molecule has 1 amide bonds. The molecule has 1 N–H and O–H groups in total. The van der Waals surface area contributed by atoms with Crippen molar-refractivity contribution in [3.05, 3.63) is 53.6 Å². The van der Waals surface area contributed by atoms with Crippen LogP contribution in [0.3, 0.4) is 0 Å². The Morgan fingerprint density at radius 3 is 2.85 bits per heavy atom. The van der Waals surface area contributed by atoms with Gasteiger partial charge in [0.2, 0.25) is 5.91 Å². The first-order valence-electron chi connectivity index (χ1n) is 6.58. The zero-order valence-corrected chi connectivity index (χ0v) is 12.4. The lowest BCUT2D eigenvalue weighted by molar-refractivity contribution is -0.120. The van der Waals surface area contributed by atoms with Crippen LogP contribution in [0.2, 0.25) is 0 Å². The van der Waals surface area contributed by atoms with Gasteiger partial charge in [0.05, 0.1) is 5.69 Å². The summed E-state index contributed by atoms with van der Waals surface area (Å²) in [6.07, 6.45) is 2.81. The van der Waals surface area contributed by atoms with Gasteiger partial charge >= 0.3 is 0 Å². The van der Waals surface area contributed by atoms with E-state index in [0.29, 0.717) is 19.4 Å². The van der Waals surface area contributed by atoms with Crippen molar-refractivity contribution in [2.24, 2.45) is 0 Å². The number of aryl methyl sites for hydroxylation is 2. The van der Waals surface area contributed by atoms with Crippen molar-refractivity contribution >= 4 is 17.2 Å². The van der Waals surface area contributed by atoms with E-state index in [9.17, 15) is 4.79 Å². The molecule has 2 rings (SSSR count). The van der Waals surface area contributed by atoms with Gasteiger partial charge < -0.3 is 5.32 Å². The monoisotopic (exact) mass is 286 g/mol. The molecule has 0 aliphatic rings. The van der Waals surface area contributed by atoms with Gasteiger partial charge in [-0.25, -0.2) is 4.98 Å². The van der Waals surface area contributed by atoms with Crippen LogP contribution in [0.15, 0.2) is 42.3 Å². The van der Waals surface area contributed by atoms with Gasteiger partial charge in [0.15, 0.2) is 0 Å². The van der Waals surface area contributed by atoms with E-state index in [0.717, 1.165) is 16.3 Å². The van der Waals surface area contributed by atoms with Crippen LogP contribution in [0.1, 0.15) is 17.7 Å². The summed E-state index contributed by atoms with van der Waals surface area (Å²) < 4.78 is 0. The highest BCUT2D eigenvalue weighted by atomic mass is 32.1. The third-order valence-electron chi connectivity index (χ3n) is 2.90. The summed E-state index contributed by atoms with van der Waals surface area (Å²) in [5, 5.41) is 5.80.